The molecule has 0 unspecified atom stereocenters. The van der Waals surface area contributed by atoms with E-state index in [1.165, 1.54) is 10.1 Å². The molecule has 0 fully saturated rings. The Labute approximate surface area is 105 Å². The van der Waals surface area contributed by atoms with Crippen molar-refractivity contribution in [2.45, 2.75) is 19.9 Å². The predicted octanol–water partition coefficient (Wildman–Crippen LogP) is 1.85. The number of aromatic nitrogens is 1. The molecule has 2 N–H and O–H groups in total. The van der Waals surface area contributed by atoms with Crippen molar-refractivity contribution in [2.75, 3.05) is 0 Å². The highest BCUT2D eigenvalue weighted by Gasteiger charge is 2.03. The van der Waals surface area contributed by atoms with Crippen LogP contribution in [0.15, 0.2) is 35.3 Å². The Morgan fingerprint density at radius 3 is 2.82 bits per heavy atom. The predicted molar refractivity (Wildman–Crippen MR) is 74.4 cm³/mol. The molecule has 0 saturated carbocycles. The molecule has 1 heterocycles. The number of aryl methyl sites for hydroxylation is 1. The van der Waals surface area contributed by atoms with Gasteiger partial charge in [-0.1, -0.05) is 31.3 Å². The topological polar surface area (TPSA) is 48.0 Å². The third kappa shape index (κ3) is 2.36. The van der Waals surface area contributed by atoms with Crippen molar-refractivity contribution >= 4 is 28.0 Å². The summed E-state index contributed by atoms with van der Waals surface area (Å²) in [5, 5.41) is 1.68. The van der Waals surface area contributed by atoms with E-state index in [9.17, 15) is 4.79 Å². The van der Waals surface area contributed by atoms with E-state index in [4.69, 9.17) is 18.0 Å². The highest BCUT2D eigenvalue weighted by Crippen LogP contribution is 2.12. The molecule has 88 valence electrons. The molecule has 0 amide bonds. The second kappa shape index (κ2) is 4.67. The summed E-state index contributed by atoms with van der Waals surface area (Å²) in [6.07, 6.45) is 2.70. The average molecular weight is 246 g/mol. The largest absolute Gasteiger partial charge is 0.392 e. The summed E-state index contributed by atoms with van der Waals surface area (Å²) in [6, 6.07) is 7.82. The lowest BCUT2D eigenvalue weighted by atomic mass is 10.1. The van der Waals surface area contributed by atoms with Gasteiger partial charge in [-0.05, 0) is 29.5 Å². The molecule has 17 heavy (non-hydrogen) atoms. The molecule has 0 aliphatic carbocycles. The van der Waals surface area contributed by atoms with Crippen molar-refractivity contribution in [1.29, 1.82) is 0 Å². The molecule has 0 saturated heterocycles. The summed E-state index contributed by atoms with van der Waals surface area (Å²) < 4.78 is 1.54. The standard InChI is InChI=1S/C13H14N2OS/c1-2-9-3-4-11-10(7-9)5-6-15(13(11)16)8-12(14)17/h3-7H,2,8H2,1H3,(H2,14,17). The van der Waals surface area contributed by atoms with Gasteiger partial charge in [0.05, 0.1) is 11.5 Å². The summed E-state index contributed by atoms with van der Waals surface area (Å²) in [5.74, 6) is 0. The molecule has 0 aliphatic heterocycles. The number of hydrogen-bond donors (Lipinski definition) is 1. The first kappa shape index (κ1) is 11.8. The van der Waals surface area contributed by atoms with Gasteiger partial charge in [0.1, 0.15) is 0 Å². The Kier molecular flexibility index (Phi) is 3.24. The van der Waals surface area contributed by atoms with E-state index in [2.05, 4.69) is 6.92 Å². The Hall–Kier alpha value is -1.68. The maximum Gasteiger partial charge on any atom is 0.258 e. The van der Waals surface area contributed by atoms with Crippen molar-refractivity contribution < 1.29 is 0 Å². The molecule has 3 nitrogen and oxygen atoms in total. The molecule has 1 aromatic heterocycles. The third-order valence-corrected chi connectivity index (χ3v) is 2.90. The number of nitrogens with zero attached hydrogens (tertiary/aromatic N) is 1. The number of benzene rings is 1. The molecule has 0 atom stereocenters. The van der Waals surface area contributed by atoms with Gasteiger partial charge in [0.2, 0.25) is 0 Å². The molecule has 1 aromatic carbocycles. The van der Waals surface area contributed by atoms with Crippen LogP contribution in [-0.2, 0) is 13.0 Å². The van der Waals surface area contributed by atoms with Crippen LogP contribution in [0.1, 0.15) is 12.5 Å². The van der Waals surface area contributed by atoms with Gasteiger partial charge in [-0.25, -0.2) is 0 Å². The number of nitrogens with two attached hydrogens (primary N) is 1. The molecule has 2 rings (SSSR count). The Morgan fingerprint density at radius 2 is 2.18 bits per heavy atom. The maximum atomic E-state index is 12.1. The number of hydrogen-bond acceptors (Lipinski definition) is 2. The lowest BCUT2D eigenvalue weighted by Crippen LogP contribution is -2.26. The van der Waals surface area contributed by atoms with Gasteiger partial charge < -0.3 is 10.3 Å². The average Bonchev–Trinajstić information content (AvgIpc) is 2.32. The Morgan fingerprint density at radius 1 is 1.41 bits per heavy atom. The van der Waals surface area contributed by atoms with Crippen LogP contribution in [0, 0.1) is 0 Å². The summed E-state index contributed by atoms with van der Waals surface area (Å²) >= 11 is 4.82. The number of fused-ring (bicyclic) bond motifs is 1. The highest BCUT2D eigenvalue weighted by molar-refractivity contribution is 7.80. The Balaban J connectivity index is 2.60. The van der Waals surface area contributed by atoms with Crippen molar-refractivity contribution in [1.82, 2.24) is 4.57 Å². The van der Waals surface area contributed by atoms with E-state index in [1.54, 1.807) is 6.20 Å². The zero-order valence-corrected chi connectivity index (χ0v) is 10.5. The smallest absolute Gasteiger partial charge is 0.258 e. The van der Waals surface area contributed by atoms with Gasteiger partial charge >= 0.3 is 0 Å². The zero-order valence-electron chi connectivity index (χ0n) is 9.64. The van der Waals surface area contributed by atoms with Gasteiger partial charge in [-0.15, -0.1) is 0 Å². The zero-order chi connectivity index (χ0) is 12.4. The molecular weight excluding hydrogens is 232 g/mol. The minimum atomic E-state index is -0.0436. The van der Waals surface area contributed by atoms with Crippen LogP contribution in [0.25, 0.3) is 10.8 Å². The van der Waals surface area contributed by atoms with Crippen LogP contribution in [-0.4, -0.2) is 9.56 Å². The van der Waals surface area contributed by atoms with Gasteiger partial charge in [0, 0.05) is 11.6 Å². The Bertz CT molecular complexity index is 631. The van der Waals surface area contributed by atoms with Crippen LogP contribution in [0.3, 0.4) is 0 Å². The van der Waals surface area contributed by atoms with Crippen LogP contribution in [0.5, 0.6) is 0 Å². The number of rotatable bonds is 3. The summed E-state index contributed by atoms with van der Waals surface area (Å²) in [7, 11) is 0. The molecule has 0 spiro atoms. The van der Waals surface area contributed by atoms with Crippen LogP contribution >= 0.6 is 12.2 Å². The van der Waals surface area contributed by atoms with Crippen molar-refractivity contribution in [3.8, 4) is 0 Å². The van der Waals surface area contributed by atoms with Crippen molar-refractivity contribution in [2.24, 2.45) is 5.73 Å². The first-order chi connectivity index (χ1) is 8.11. The monoisotopic (exact) mass is 246 g/mol. The first-order valence-corrected chi connectivity index (χ1v) is 5.93. The fourth-order valence-electron chi connectivity index (χ4n) is 1.85. The summed E-state index contributed by atoms with van der Waals surface area (Å²) in [5.41, 5.74) is 6.64. The summed E-state index contributed by atoms with van der Waals surface area (Å²) in [4.78, 5) is 12.4. The molecule has 4 heteroatoms. The maximum absolute atomic E-state index is 12.1. The summed E-state index contributed by atoms with van der Waals surface area (Å²) in [6.45, 7) is 2.38. The van der Waals surface area contributed by atoms with Crippen LogP contribution in [0.4, 0.5) is 0 Å². The van der Waals surface area contributed by atoms with Crippen LogP contribution in [0.2, 0.25) is 0 Å². The molecule has 0 bridgehead atoms. The van der Waals surface area contributed by atoms with Gasteiger partial charge in [0.25, 0.3) is 5.56 Å². The van der Waals surface area contributed by atoms with E-state index in [0.717, 1.165) is 11.8 Å². The van der Waals surface area contributed by atoms with Crippen molar-refractivity contribution in [3.63, 3.8) is 0 Å². The fourth-order valence-corrected chi connectivity index (χ4v) is 1.99. The van der Waals surface area contributed by atoms with E-state index >= 15 is 0 Å². The van der Waals surface area contributed by atoms with Crippen molar-refractivity contribution in [3.05, 3.63) is 46.4 Å². The van der Waals surface area contributed by atoms with Gasteiger partial charge in [-0.3, -0.25) is 4.79 Å². The minimum Gasteiger partial charge on any atom is -0.392 e. The molecule has 2 aromatic rings. The number of pyridine rings is 1. The van der Waals surface area contributed by atoms with E-state index < -0.39 is 0 Å². The lowest BCUT2D eigenvalue weighted by Gasteiger charge is -2.06. The van der Waals surface area contributed by atoms with Gasteiger partial charge in [0.15, 0.2) is 0 Å². The van der Waals surface area contributed by atoms with E-state index in [1.807, 2.05) is 24.3 Å². The molecular formula is C13H14N2OS. The van der Waals surface area contributed by atoms with E-state index in [-0.39, 0.29) is 5.56 Å². The first-order valence-electron chi connectivity index (χ1n) is 5.52. The highest BCUT2D eigenvalue weighted by atomic mass is 32.1. The second-order valence-electron chi connectivity index (χ2n) is 3.99. The third-order valence-electron chi connectivity index (χ3n) is 2.78. The van der Waals surface area contributed by atoms with Crippen LogP contribution < -0.4 is 11.3 Å². The van der Waals surface area contributed by atoms with E-state index in [0.29, 0.717) is 16.9 Å². The fraction of sp³-hybridized carbons (Fsp3) is 0.231. The quantitative estimate of drug-likeness (QED) is 0.841. The minimum absolute atomic E-state index is 0.0436. The second-order valence-corrected chi connectivity index (χ2v) is 4.51. The lowest BCUT2D eigenvalue weighted by molar-refractivity contribution is 0.819. The SMILES string of the molecule is CCc1ccc2c(=O)n(CC(N)=S)ccc2c1. The molecule has 0 aliphatic rings. The normalized spacial score (nSPS) is 10.6. The molecule has 0 radical (unpaired) electrons. The van der Waals surface area contributed by atoms with Gasteiger partial charge in [-0.2, -0.15) is 0 Å². The number of thiocarbonyl (C=S) groups is 1.